The maximum Gasteiger partial charge on any atom is 0.225 e. The van der Waals surface area contributed by atoms with Crippen molar-refractivity contribution in [2.75, 3.05) is 20.2 Å². The van der Waals surface area contributed by atoms with E-state index in [1.54, 1.807) is 18.4 Å². The van der Waals surface area contributed by atoms with Crippen LogP contribution in [0.4, 0.5) is 0 Å². The van der Waals surface area contributed by atoms with E-state index < -0.39 is 0 Å². The summed E-state index contributed by atoms with van der Waals surface area (Å²) in [7, 11) is 1.68. The lowest BCUT2D eigenvalue weighted by Gasteiger charge is -2.32. The van der Waals surface area contributed by atoms with Crippen LogP contribution in [0.25, 0.3) is 10.6 Å². The molecule has 1 aromatic heterocycles. The first-order chi connectivity index (χ1) is 12.8. The van der Waals surface area contributed by atoms with E-state index in [9.17, 15) is 4.79 Å². The summed E-state index contributed by atoms with van der Waals surface area (Å²) in [4.78, 5) is 14.7. The van der Waals surface area contributed by atoms with E-state index in [1.807, 2.05) is 24.3 Å². The Morgan fingerprint density at radius 1 is 1.12 bits per heavy atom. The van der Waals surface area contributed by atoms with Crippen molar-refractivity contribution in [2.24, 2.45) is 5.92 Å². The van der Waals surface area contributed by atoms with Crippen LogP contribution in [-0.2, 0) is 4.79 Å². The summed E-state index contributed by atoms with van der Waals surface area (Å²) in [6.45, 7) is 1.70. The molecule has 2 heterocycles. The van der Waals surface area contributed by atoms with E-state index in [0.717, 1.165) is 60.1 Å². The van der Waals surface area contributed by atoms with Gasteiger partial charge in [-0.1, -0.05) is 36.3 Å². The normalized spacial score (nSPS) is 19.0. The topological polar surface area (TPSA) is 55.3 Å². The van der Waals surface area contributed by atoms with Crippen molar-refractivity contribution in [3.8, 4) is 16.3 Å². The minimum Gasteiger partial charge on any atom is -0.496 e. The Morgan fingerprint density at radius 2 is 1.85 bits per heavy atom. The number of carbonyl (C=O) groups is 1. The van der Waals surface area contributed by atoms with E-state index in [1.165, 1.54) is 12.8 Å². The van der Waals surface area contributed by atoms with Crippen molar-refractivity contribution in [3.05, 3.63) is 29.3 Å². The zero-order valence-electron chi connectivity index (χ0n) is 15.2. The van der Waals surface area contributed by atoms with Gasteiger partial charge in [0.1, 0.15) is 10.8 Å². The first kappa shape index (κ1) is 17.5. The Balaban J connectivity index is 1.41. The van der Waals surface area contributed by atoms with Crippen molar-refractivity contribution in [1.29, 1.82) is 0 Å². The Morgan fingerprint density at radius 3 is 2.58 bits per heavy atom. The van der Waals surface area contributed by atoms with Gasteiger partial charge in [-0.3, -0.25) is 4.79 Å². The van der Waals surface area contributed by atoms with Gasteiger partial charge in [0.15, 0.2) is 5.01 Å². The van der Waals surface area contributed by atoms with Gasteiger partial charge in [0.25, 0.3) is 0 Å². The number of methoxy groups -OCH3 is 1. The van der Waals surface area contributed by atoms with Crippen LogP contribution in [0.5, 0.6) is 5.75 Å². The second-order valence-electron chi connectivity index (χ2n) is 7.23. The van der Waals surface area contributed by atoms with E-state index in [-0.39, 0.29) is 5.92 Å². The average Bonchev–Trinajstić information content (AvgIpc) is 3.39. The molecule has 6 heteroatoms. The predicted molar refractivity (Wildman–Crippen MR) is 102 cm³/mol. The zero-order chi connectivity index (χ0) is 17.9. The van der Waals surface area contributed by atoms with Gasteiger partial charge in [-0.2, -0.15) is 0 Å². The molecule has 26 heavy (non-hydrogen) atoms. The van der Waals surface area contributed by atoms with Gasteiger partial charge < -0.3 is 9.64 Å². The molecule has 0 radical (unpaired) electrons. The van der Waals surface area contributed by atoms with Crippen molar-refractivity contribution >= 4 is 17.2 Å². The molecular formula is C20H25N3O2S. The summed E-state index contributed by atoms with van der Waals surface area (Å²) < 4.78 is 5.44. The highest BCUT2D eigenvalue weighted by molar-refractivity contribution is 7.14. The summed E-state index contributed by atoms with van der Waals surface area (Å²) in [5.74, 6) is 1.90. The fraction of sp³-hybridized carbons (Fsp3) is 0.550. The van der Waals surface area contributed by atoms with Crippen LogP contribution >= 0.6 is 11.3 Å². The molecule has 2 aliphatic rings. The molecule has 0 atom stereocenters. The zero-order valence-corrected chi connectivity index (χ0v) is 16.0. The lowest BCUT2D eigenvalue weighted by atomic mass is 9.96. The van der Waals surface area contributed by atoms with Gasteiger partial charge in [-0.15, -0.1) is 10.2 Å². The number of rotatable bonds is 4. The molecule has 2 aromatic rings. The SMILES string of the molecule is COc1ccccc1-c1nnc(C2CCN(C(=O)C3CCCC3)CC2)s1. The van der Waals surface area contributed by atoms with Gasteiger partial charge in [0.2, 0.25) is 5.91 Å². The summed E-state index contributed by atoms with van der Waals surface area (Å²) in [6.07, 6.45) is 6.56. The van der Waals surface area contributed by atoms with Gasteiger partial charge in [-0.05, 0) is 37.8 Å². The molecule has 0 spiro atoms. The monoisotopic (exact) mass is 371 g/mol. The number of aromatic nitrogens is 2. The smallest absolute Gasteiger partial charge is 0.225 e. The number of para-hydroxylation sites is 1. The fourth-order valence-corrected chi connectivity index (χ4v) is 5.15. The lowest BCUT2D eigenvalue weighted by Crippen LogP contribution is -2.40. The lowest BCUT2D eigenvalue weighted by molar-refractivity contribution is -0.136. The number of nitrogens with zero attached hydrogens (tertiary/aromatic N) is 3. The van der Waals surface area contributed by atoms with Crippen molar-refractivity contribution < 1.29 is 9.53 Å². The molecule has 1 aromatic carbocycles. The molecular weight excluding hydrogens is 346 g/mol. The summed E-state index contributed by atoms with van der Waals surface area (Å²) in [6, 6.07) is 7.92. The second kappa shape index (κ2) is 7.74. The van der Waals surface area contributed by atoms with Gasteiger partial charge >= 0.3 is 0 Å². The third-order valence-corrected chi connectivity index (χ3v) is 6.76. The minimum atomic E-state index is 0.283. The molecule has 138 valence electrons. The highest BCUT2D eigenvalue weighted by Crippen LogP contribution is 2.37. The Bertz CT molecular complexity index is 762. The van der Waals surface area contributed by atoms with E-state index >= 15 is 0 Å². The number of piperidine rings is 1. The first-order valence-corrected chi connectivity index (χ1v) is 10.3. The highest BCUT2D eigenvalue weighted by atomic mass is 32.1. The van der Waals surface area contributed by atoms with Crippen LogP contribution in [0, 0.1) is 5.92 Å². The molecule has 0 N–H and O–H groups in total. The number of hydrogen-bond acceptors (Lipinski definition) is 5. The number of ether oxygens (including phenoxy) is 1. The molecule has 1 saturated heterocycles. The Hall–Kier alpha value is -1.95. The molecule has 1 saturated carbocycles. The summed E-state index contributed by atoms with van der Waals surface area (Å²) >= 11 is 1.65. The quantitative estimate of drug-likeness (QED) is 0.812. The standard InChI is InChI=1S/C20H25N3O2S/c1-25-17-9-5-4-8-16(17)19-22-21-18(26-19)14-10-12-23(13-11-14)20(24)15-6-2-3-7-15/h4-5,8-9,14-15H,2-3,6-7,10-13H2,1H3. The molecule has 0 bridgehead atoms. The maximum atomic E-state index is 12.6. The number of carbonyl (C=O) groups excluding carboxylic acids is 1. The summed E-state index contributed by atoms with van der Waals surface area (Å²) in [5.41, 5.74) is 0.993. The number of likely N-dealkylation sites (tertiary alicyclic amines) is 1. The van der Waals surface area contributed by atoms with E-state index in [4.69, 9.17) is 4.74 Å². The van der Waals surface area contributed by atoms with Crippen molar-refractivity contribution in [3.63, 3.8) is 0 Å². The largest absolute Gasteiger partial charge is 0.496 e. The Kier molecular flexibility index (Phi) is 5.20. The first-order valence-electron chi connectivity index (χ1n) is 9.52. The molecule has 1 aliphatic heterocycles. The van der Waals surface area contributed by atoms with Crippen LogP contribution in [0.2, 0.25) is 0 Å². The minimum absolute atomic E-state index is 0.283. The summed E-state index contributed by atoms with van der Waals surface area (Å²) in [5, 5.41) is 10.8. The van der Waals surface area contributed by atoms with Crippen LogP contribution < -0.4 is 4.74 Å². The van der Waals surface area contributed by atoms with Crippen LogP contribution in [0.1, 0.15) is 49.5 Å². The predicted octanol–water partition coefficient (Wildman–Crippen LogP) is 4.11. The van der Waals surface area contributed by atoms with Crippen LogP contribution in [-0.4, -0.2) is 41.2 Å². The number of hydrogen-bond donors (Lipinski definition) is 0. The molecule has 4 rings (SSSR count). The van der Waals surface area contributed by atoms with Gasteiger partial charge in [0.05, 0.1) is 12.7 Å². The number of benzene rings is 1. The molecule has 2 fully saturated rings. The Labute approximate surface area is 158 Å². The second-order valence-corrected chi connectivity index (χ2v) is 8.24. The van der Waals surface area contributed by atoms with Gasteiger partial charge in [0, 0.05) is 24.9 Å². The van der Waals surface area contributed by atoms with E-state index in [2.05, 4.69) is 15.1 Å². The molecule has 1 amide bonds. The van der Waals surface area contributed by atoms with E-state index in [0.29, 0.717) is 11.8 Å². The molecule has 1 aliphatic carbocycles. The maximum absolute atomic E-state index is 12.6. The van der Waals surface area contributed by atoms with Crippen molar-refractivity contribution in [1.82, 2.24) is 15.1 Å². The molecule has 5 nitrogen and oxygen atoms in total. The number of amides is 1. The highest BCUT2D eigenvalue weighted by Gasteiger charge is 2.31. The third kappa shape index (κ3) is 3.47. The average molecular weight is 372 g/mol. The van der Waals surface area contributed by atoms with Crippen LogP contribution in [0.3, 0.4) is 0 Å². The molecule has 0 unspecified atom stereocenters. The van der Waals surface area contributed by atoms with Crippen LogP contribution in [0.15, 0.2) is 24.3 Å². The third-order valence-electron chi connectivity index (χ3n) is 5.64. The van der Waals surface area contributed by atoms with Gasteiger partial charge in [-0.25, -0.2) is 0 Å². The van der Waals surface area contributed by atoms with Crippen molar-refractivity contribution in [2.45, 2.75) is 44.4 Å². The fourth-order valence-electron chi connectivity index (χ4n) is 4.11.